The summed E-state index contributed by atoms with van der Waals surface area (Å²) in [6, 6.07) is 6.08. The summed E-state index contributed by atoms with van der Waals surface area (Å²) < 4.78 is 7.34. The number of piperidine rings is 1. The minimum Gasteiger partial charge on any atom is -0.493 e. The van der Waals surface area contributed by atoms with Crippen molar-refractivity contribution in [1.82, 2.24) is 25.6 Å². The second kappa shape index (κ2) is 8.08. The van der Waals surface area contributed by atoms with Crippen molar-refractivity contribution in [1.29, 1.82) is 0 Å². The molecule has 0 spiro atoms. The number of hydrogen-bond donors (Lipinski definition) is 2. The van der Waals surface area contributed by atoms with Crippen molar-refractivity contribution in [3.8, 4) is 5.75 Å². The first-order chi connectivity index (χ1) is 13.2. The molecule has 2 N–H and O–H groups in total. The smallest absolute Gasteiger partial charge is 0.242 e. The van der Waals surface area contributed by atoms with Crippen LogP contribution in [0.4, 0.5) is 0 Å². The highest BCUT2D eigenvalue weighted by Gasteiger charge is 2.23. The van der Waals surface area contributed by atoms with Crippen LogP contribution in [0.5, 0.6) is 5.75 Å². The molecule has 1 atom stereocenters. The zero-order valence-corrected chi connectivity index (χ0v) is 15.8. The Hall–Kier alpha value is -2.41. The highest BCUT2D eigenvalue weighted by Crippen LogP contribution is 2.32. The standard InChI is InChI=1S/C20H27N5O2/c1-14-2-3-19-17(10-14)18(6-9-27-19)22-20(26)13-25-12-16(23-24-25)11-15-4-7-21-8-5-15/h2-3,10,12,15,18,21H,4-9,11,13H2,1H3,(H,22,26). The molecule has 1 saturated heterocycles. The molecule has 2 aromatic rings. The second-order valence-corrected chi connectivity index (χ2v) is 7.60. The van der Waals surface area contributed by atoms with Crippen LogP contribution in [0.15, 0.2) is 24.4 Å². The molecule has 2 aliphatic rings. The van der Waals surface area contributed by atoms with Gasteiger partial charge in [-0.2, -0.15) is 0 Å². The van der Waals surface area contributed by atoms with E-state index in [1.54, 1.807) is 4.68 Å². The zero-order valence-electron chi connectivity index (χ0n) is 15.8. The molecule has 0 radical (unpaired) electrons. The van der Waals surface area contributed by atoms with Crippen molar-refractivity contribution in [2.75, 3.05) is 19.7 Å². The van der Waals surface area contributed by atoms with Crippen LogP contribution < -0.4 is 15.4 Å². The van der Waals surface area contributed by atoms with Gasteiger partial charge < -0.3 is 15.4 Å². The summed E-state index contributed by atoms with van der Waals surface area (Å²) in [7, 11) is 0. The van der Waals surface area contributed by atoms with Crippen molar-refractivity contribution < 1.29 is 9.53 Å². The number of carbonyl (C=O) groups excluding carboxylic acids is 1. The number of ether oxygens (including phenoxy) is 1. The predicted molar refractivity (Wildman–Crippen MR) is 101 cm³/mol. The first-order valence-corrected chi connectivity index (χ1v) is 9.80. The van der Waals surface area contributed by atoms with Gasteiger partial charge in [-0.1, -0.05) is 22.9 Å². The van der Waals surface area contributed by atoms with Gasteiger partial charge in [0.15, 0.2) is 0 Å². The number of aryl methyl sites for hydroxylation is 1. The summed E-state index contributed by atoms with van der Waals surface area (Å²) in [6.07, 6.45) is 5.98. The summed E-state index contributed by atoms with van der Waals surface area (Å²) in [5.41, 5.74) is 3.19. The largest absolute Gasteiger partial charge is 0.493 e. The Bertz CT molecular complexity index is 797. The Kier molecular flexibility index (Phi) is 5.38. The van der Waals surface area contributed by atoms with Crippen molar-refractivity contribution >= 4 is 5.91 Å². The van der Waals surface area contributed by atoms with E-state index in [9.17, 15) is 4.79 Å². The van der Waals surface area contributed by atoms with Crippen LogP contribution in [0.3, 0.4) is 0 Å². The molecule has 2 aliphatic heterocycles. The molecule has 3 heterocycles. The van der Waals surface area contributed by atoms with Gasteiger partial charge in [0, 0.05) is 18.2 Å². The maximum Gasteiger partial charge on any atom is 0.242 e. The third kappa shape index (κ3) is 4.47. The van der Waals surface area contributed by atoms with Crippen LogP contribution in [0.25, 0.3) is 0 Å². The van der Waals surface area contributed by atoms with Gasteiger partial charge in [0.2, 0.25) is 5.91 Å². The van der Waals surface area contributed by atoms with E-state index in [1.807, 2.05) is 25.3 Å². The summed E-state index contributed by atoms with van der Waals surface area (Å²) in [5.74, 6) is 1.47. The summed E-state index contributed by atoms with van der Waals surface area (Å²) in [5, 5.41) is 14.9. The van der Waals surface area contributed by atoms with Crippen molar-refractivity contribution in [2.24, 2.45) is 5.92 Å². The van der Waals surface area contributed by atoms with E-state index in [0.29, 0.717) is 12.5 Å². The van der Waals surface area contributed by atoms with E-state index in [0.717, 1.165) is 48.5 Å². The normalized spacial score (nSPS) is 20.0. The molecular formula is C20H27N5O2. The Labute approximate surface area is 159 Å². The molecule has 1 aromatic carbocycles. The number of aromatic nitrogens is 3. The van der Waals surface area contributed by atoms with Gasteiger partial charge in [-0.25, -0.2) is 4.68 Å². The molecule has 1 amide bonds. The number of nitrogens with zero attached hydrogens (tertiary/aromatic N) is 3. The van der Waals surface area contributed by atoms with E-state index in [-0.39, 0.29) is 18.5 Å². The number of fused-ring (bicyclic) bond motifs is 1. The lowest BCUT2D eigenvalue weighted by Crippen LogP contribution is -2.34. The fraction of sp³-hybridized carbons (Fsp3) is 0.550. The molecule has 0 saturated carbocycles. The molecule has 4 rings (SSSR count). The van der Waals surface area contributed by atoms with Gasteiger partial charge in [-0.15, -0.1) is 5.10 Å². The highest BCUT2D eigenvalue weighted by atomic mass is 16.5. The quantitative estimate of drug-likeness (QED) is 0.840. The van der Waals surface area contributed by atoms with Crippen molar-refractivity contribution in [3.63, 3.8) is 0 Å². The number of carbonyl (C=O) groups is 1. The summed E-state index contributed by atoms with van der Waals surface area (Å²) in [4.78, 5) is 12.5. The number of amides is 1. The van der Waals surface area contributed by atoms with Gasteiger partial charge >= 0.3 is 0 Å². The topological polar surface area (TPSA) is 81.1 Å². The van der Waals surface area contributed by atoms with E-state index in [4.69, 9.17) is 4.74 Å². The average Bonchev–Trinajstić information content (AvgIpc) is 3.09. The molecule has 1 fully saturated rings. The van der Waals surface area contributed by atoms with E-state index in [1.165, 1.54) is 12.8 Å². The molecule has 1 unspecified atom stereocenters. The van der Waals surface area contributed by atoms with Gasteiger partial charge in [0.25, 0.3) is 0 Å². The van der Waals surface area contributed by atoms with Gasteiger partial charge in [0.05, 0.1) is 18.3 Å². The minimum absolute atomic E-state index is 0.0149. The molecule has 0 aliphatic carbocycles. The second-order valence-electron chi connectivity index (χ2n) is 7.60. The third-order valence-electron chi connectivity index (χ3n) is 5.39. The SMILES string of the molecule is Cc1ccc2c(c1)C(NC(=O)Cn1cc(CC3CCNCC3)nn1)CCO2. The van der Waals surface area contributed by atoms with Gasteiger partial charge in [0.1, 0.15) is 12.3 Å². The van der Waals surface area contributed by atoms with E-state index < -0.39 is 0 Å². The first-order valence-electron chi connectivity index (χ1n) is 9.80. The lowest BCUT2D eigenvalue weighted by Gasteiger charge is -2.27. The number of nitrogens with one attached hydrogen (secondary N) is 2. The fourth-order valence-corrected chi connectivity index (χ4v) is 3.94. The molecule has 144 valence electrons. The molecular weight excluding hydrogens is 342 g/mol. The van der Waals surface area contributed by atoms with Crippen LogP contribution in [-0.4, -0.2) is 40.6 Å². The Morgan fingerprint density at radius 3 is 3.04 bits per heavy atom. The maximum atomic E-state index is 12.5. The number of rotatable bonds is 5. The Balaban J connectivity index is 1.34. The summed E-state index contributed by atoms with van der Waals surface area (Å²) >= 11 is 0. The summed E-state index contributed by atoms with van der Waals surface area (Å²) in [6.45, 7) is 5.01. The molecule has 7 heteroatoms. The number of benzene rings is 1. The van der Waals surface area contributed by atoms with Crippen LogP contribution in [0.1, 0.15) is 42.1 Å². The maximum absolute atomic E-state index is 12.5. The van der Waals surface area contributed by atoms with Gasteiger partial charge in [-0.05, 0) is 51.3 Å². The molecule has 0 bridgehead atoms. The molecule has 27 heavy (non-hydrogen) atoms. The monoisotopic (exact) mass is 369 g/mol. The van der Waals surface area contributed by atoms with Crippen LogP contribution in [0, 0.1) is 12.8 Å². The van der Waals surface area contributed by atoms with Crippen LogP contribution in [-0.2, 0) is 17.8 Å². The van der Waals surface area contributed by atoms with E-state index >= 15 is 0 Å². The van der Waals surface area contributed by atoms with Crippen LogP contribution >= 0.6 is 0 Å². The highest BCUT2D eigenvalue weighted by molar-refractivity contribution is 5.76. The number of hydrogen-bond acceptors (Lipinski definition) is 5. The molecule has 7 nitrogen and oxygen atoms in total. The first kappa shape index (κ1) is 18.0. The fourth-order valence-electron chi connectivity index (χ4n) is 3.94. The molecule has 1 aromatic heterocycles. The van der Waals surface area contributed by atoms with E-state index in [2.05, 4.69) is 27.0 Å². The van der Waals surface area contributed by atoms with Crippen molar-refractivity contribution in [2.45, 2.75) is 45.2 Å². The zero-order chi connectivity index (χ0) is 18.6. The lowest BCUT2D eigenvalue weighted by molar-refractivity contribution is -0.122. The van der Waals surface area contributed by atoms with Crippen molar-refractivity contribution in [3.05, 3.63) is 41.2 Å². The predicted octanol–water partition coefficient (Wildman–Crippen LogP) is 1.77. The minimum atomic E-state index is -0.0485. The third-order valence-corrected chi connectivity index (χ3v) is 5.39. The lowest BCUT2D eigenvalue weighted by atomic mass is 9.93. The van der Waals surface area contributed by atoms with Crippen LogP contribution in [0.2, 0.25) is 0 Å². The van der Waals surface area contributed by atoms with Gasteiger partial charge in [-0.3, -0.25) is 4.79 Å². The Morgan fingerprint density at radius 1 is 1.33 bits per heavy atom. The Morgan fingerprint density at radius 2 is 2.19 bits per heavy atom. The average molecular weight is 369 g/mol.